The van der Waals surface area contributed by atoms with Gasteiger partial charge in [0.05, 0.1) is 0 Å². The molecule has 2 atom stereocenters. The van der Waals surface area contributed by atoms with Gasteiger partial charge in [-0.2, -0.15) is 10.1 Å². The fraction of sp³-hybridized carbons (Fsp3) is 0.211. The summed E-state index contributed by atoms with van der Waals surface area (Å²) in [7, 11) is 0. The molecule has 2 aromatic heterocycles. The number of carbonyl (C=O) groups is 1. The number of nitrogens with one attached hydrogen (secondary N) is 1. The topological polar surface area (TPSA) is 59.8 Å². The second kappa shape index (κ2) is 6.09. The van der Waals surface area contributed by atoms with Crippen LogP contribution in [0.3, 0.4) is 0 Å². The quantitative estimate of drug-likeness (QED) is 0.725. The standard InChI is InChI=1S/C19H14F2N4OS/c20-12-4-11(5-13(21)8-12)18-17-14(24-19-22-9-23-25(18)19)6-10(7-15(17)26)16-2-1-3-27-16/h1-5,8-10,18H,6-7H2,(H,22,23,24)/t10-,18-/m1/s1. The van der Waals surface area contributed by atoms with Crippen LogP contribution in [-0.2, 0) is 4.79 Å². The Balaban J connectivity index is 1.64. The van der Waals surface area contributed by atoms with Crippen molar-refractivity contribution in [2.45, 2.75) is 24.8 Å². The zero-order valence-corrected chi connectivity index (χ0v) is 14.8. The molecule has 1 N–H and O–H groups in total. The summed E-state index contributed by atoms with van der Waals surface area (Å²) in [5.41, 5.74) is 1.60. The van der Waals surface area contributed by atoms with Gasteiger partial charge in [0.25, 0.3) is 0 Å². The Morgan fingerprint density at radius 2 is 2.00 bits per heavy atom. The zero-order chi connectivity index (χ0) is 18.5. The Labute approximate surface area is 157 Å². The molecule has 0 spiro atoms. The minimum atomic E-state index is -0.694. The predicted molar refractivity (Wildman–Crippen MR) is 96.5 cm³/mol. The smallest absolute Gasteiger partial charge is 0.226 e. The summed E-state index contributed by atoms with van der Waals surface area (Å²) < 4.78 is 29.2. The number of allylic oxidation sites excluding steroid dienone is 2. The predicted octanol–water partition coefficient (Wildman–Crippen LogP) is 4.03. The molecular formula is C19H14F2N4OS. The van der Waals surface area contributed by atoms with Gasteiger partial charge in [0.15, 0.2) is 5.78 Å². The van der Waals surface area contributed by atoms with E-state index in [0.29, 0.717) is 29.9 Å². The summed E-state index contributed by atoms with van der Waals surface area (Å²) in [5, 5.41) is 9.37. The van der Waals surface area contributed by atoms with Crippen LogP contribution in [0.25, 0.3) is 0 Å². The van der Waals surface area contributed by atoms with E-state index >= 15 is 0 Å². The van der Waals surface area contributed by atoms with E-state index in [0.717, 1.165) is 16.6 Å². The van der Waals surface area contributed by atoms with Crippen LogP contribution in [0.1, 0.15) is 35.2 Å². The van der Waals surface area contributed by atoms with E-state index < -0.39 is 17.7 Å². The SMILES string of the molecule is O=C1C[C@H](c2cccs2)CC2=C1[C@@H](c1cc(F)cc(F)c1)n1ncnc1N2. The number of carbonyl (C=O) groups excluding carboxylic acids is 1. The number of benzene rings is 1. The van der Waals surface area contributed by atoms with Gasteiger partial charge >= 0.3 is 0 Å². The Hall–Kier alpha value is -2.87. The number of hydrogen-bond donors (Lipinski definition) is 1. The van der Waals surface area contributed by atoms with Crippen molar-refractivity contribution in [2.24, 2.45) is 0 Å². The molecule has 0 radical (unpaired) electrons. The van der Waals surface area contributed by atoms with Crippen molar-refractivity contribution in [3.63, 3.8) is 0 Å². The molecule has 5 nitrogen and oxygen atoms in total. The van der Waals surface area contributed by atoms with Crippen LogP contribution in [0.5, 0.6) is 0 Å². The molecule has 0 saturated heterocycles. The molecule has 0 saturated carbocycles. The largest absolute Gasteiger partial charge is 0.328 e. The number of rotatable bonds is 2. The summed E-state index contributed by atoms with van der Waals surface area (Å²) in [6, 6.07) is 6.61. The lowest BCUT2D eigenvalue weighted by atomic mass is 9.80. The van der Waals surface area contributed by atoms with Gasteiger partial charge in [-0.05, 0) is 35.6 Å². The van der Waals surface area contributed by atoms with E-state index in [1.54, 1.807) is 11.3 Å². The van der Waals surface area contributed by atoms with Crippen molar-refractivity contribution >= 4 is 23.1 Å². The van der Waals surface area contributed by atoms with Gasteiger partial charge < -0.3 is 5.32 Å². The summed E-state index contributed by atoms with van der Waals surface area (Å²) >= 11 is 1.62. The molecule has 0 unspecified atom stereocenters. The first-order chi connectivity index (χ1) is 13.1. The van der Waals surface area contributed by atoms with Gasteiger partial charge in [0, 0.05) is 34.6 Å². The second-order valence-corrected chi connectivity index (χ2v) is 7.67. The van der Waals surface area contributed by atoms with Crippen LogP contribution in [0.15, 0.2) is 53.3 Å². The minimum Gasteiger partial charge on any atom is -0.328 e. The average Bonchev–Trinajstić information content (AvgIpc) is 3.30. The highest BCUT2D eigenvalue weighted by atomic mass is 32.1. The number of hydrogen-bond acceptors (Lipinski definition) is 5. The average molecular weight is 384 g/mol. The monoisotopic (exact) mass is 384 g/mol. The minimum absolute atomic E-state index is 0.0435. The van der Waals surface area contributed by atoms with Gasteiger partial charge in [-0.15, -0.1) is 11.3 Å². The van der Waals surface area contributed by atoms with Crippen LogP contribution in [0, 0.1) is 11.6 Å². The van der Waals surface area contributed by atoms with Crippen LogP contribution in [-0.4, -0.2) is 20.5 Å². The molecule has 1 aliphatic heterocycles. The van der Waals surface area contributed by atoms with Crippen molar-refractivity contribution < 1.29 is 13.6 Å². The maximum atomic E-state index is 13.9. The molecule has 0 bridgehead atoms. The molecule has 27 heavy (non-hydrogen) atoms. The van der Waals surface area contributed by atoms with Gasteiger partial charge in [0.2, 0.25) is 5.95 Å². The van der Waals surface area contributed by atoms with Crippen molar-refractivity contribution in [3.05, 3.63) is 75.4 Å². The Bertz CT molecular complexity index is 1050. The maximum Gasteiger partial charge on any atom is 0.226 e. The third-order valence-electron chi connectivity index (χ3n) is 5.01. The number of nitrogens with zero attached hydrogens (tertiary/aromatic N) is 3. The molecule has 0 fully saturated rings. The summed E-state index contributed by atoms with van der Waals surface area (Å²) in [5.74, 6) is -0.872. The van der Waals surface area contributed by atoms with E-state index in [2.05, 4.69) is 15.4 Å². The number of thiophene rings is 1. The molecular weight excluding hydrogens is 370 g/mol. The molecule has 1 aliphatic carbocycles. The first-order valence-electron chi connectivity index (χ1n) is 8.52. The van der Waals surface area contributed by atoms with Crippen molar-refractivity contribution in [2.75, 3.05) is 5.32 Å². The van der Waals surface area contributed by atoms with Crippen LogP contribution in [0.2, 0.25) is 0 Å². The fourth-order valence-electron chi connectivity index (χ4n) is 3.92. The molecule has 3 aromatic rings. The lowest BCUT2D eigenvalue weighted by Crippen LogP contribution is -2.33. The number of aromatic nitrogens is 3. The van der Waals surface area contributed by atoms with Crippen molar-refractivity contribution in [1.82, 2.24) is 14.8 Å². The lowest BCUT2D eigenvalue weighted by Gasteiger charge is -2.34. The summed E-state index contributed by atoms with van der Waals surface area (Å²) in [6.07, 6.45) is 2.37. The number of Topliss-reactive ketones (excluding diaryl/α,β-unsaturated/α-hetero) is 1. The van der Waals surface area contributed by atoms with E-state index in [1.165, 1.54) is 23.1 Å². The first-order valence-corrected chi connectivity index (χ1v) is 9.40. The normalized spacial score (nSPS) is 21.6. The molecule has 136 valence electrons. The highest BCUT2D eigenvalue weighted by molar-refractivity contribution is 7.10. The Morgan fingerprint density at radius 1 is 1.19 bits per heavy atom. The van der Waals surface area contributed by atoms with Crippen molar-refractivity contribution in [1.29, 1.82) is 0 Å². The number of anilines is 1. The highest BCUT2D eigenvalue weighted by Gasteiger charge is 2.39. The molecule has 2 aliphatic rings. The Morgan fingerprint density at radius 3 is 2.74 bits per heavy atom. The number of fused-ring (bicyclic) bond motifs is 1. The number of ketones is 1. The molecule has 5 rings (SSSR count). The zero-order valence-electron chi connectivity index (χ0n) is 14.0. The van der Waals surface area contributed by atoms with E-state index in [1.807, 2.05) is 17.5 Å². The van der Waals surface area contributed by atoms with E-state index in [-0.39, 0.29) is 11.7 Å². The molecule has 8 heteroatoms. The molecule has 0 amide bonds. The highest BCUT2D eigenvalue weighted by Crippen LogP contribution is 2.44. The lowest BCUT2D eigenvalue weighted by molar-refractivity contribution is -0.116. The van der Waals surface area contributed by atoms with Crippen LogP contribution >= 0.6 is 11.3 Å². The number of halogens is 2. The van der Waals surface area contributed by atoms with Crippen LogP contribution in [0.4, 0.5) is 14.7 Å². The Kier molecular flexibility index (Phi) is 3.68. The van der Waals surface area contributed by atoms with E-state index in [4.69, 9.17) is 0 Å². The molecule has 1 aromatic carbocycles. The summed E-state index contributed by atoms with van der Waals surface area (Å²) in [4.78, 5) is 18.4. The van der Waals surface area contributed by atoms with Crippen molar-refractivity contribution in [3.8, 4) is 0 Å². The third kappa shape index (κ3) is 2.68. The maximum absolute atomic E-state index is 13.9. The third-order valence-corrected chi connectivity index (χ3v) is 6.04. The van der Waals surface area contributed by atoms with Gasteiger partial charge in [-0.1, -0.05) is 6.07 Å². The van der Waals surface area contributed by atoms with Gasteiger partial charge in [-0.25, -0.2) is 13.5 Å². The first kappa shape index (κ1) is 16.3. The fourth-order valence-corrected chi connectivity index (χ4v) is 4.75. The molecule has 3 heterocycles. The van der Waals surface area contributed by atoms with Gasteiger partial charge in [0.1, 0.15) is 24.0 Å². The van der Waals surface area contributed by atoms with Gasteiger partial charge in [-0.3, -0.25) is 4.79 Å². The summed E-state index contributed by atoms with van der Waals surface area (Å²) in [6.45, 7) is 0. The van der Waals surface area contributed by atoms with Crippen LogP contribution < -0.4 is 5.32 Å². The second-order valence-electron chi connectivity index (χ2n) is 6.69. The van der Waals surface area contributed by atoms with E-state index in [9.17, 15) is 13.6 Å².